The average molecular weight is 280 g/mol. The summed E-state index contributed by atoms with van der Waals surface area (Å²) in [6, 6.07) is 2.98. The molecule has 0 radical (unpaired) electrons. The molecule has 0 aliphatic carbocycles. The van der Waals surface area contributed by atoms with Crippen molar-refractivity contribution in [1.82, 2.24) is 10.2 Å². The molecule has 2 nitrogen and oxygen atoms in total. The van der Waals surface area contributed by atoms with Crippen LogP contribution in [0.3, 0.4) is 0 Å². The zero-order valence-corrected chi connectivity index (χ0v) is 13.4. The molecule has 1 unspecified atom stereocenters. The maximum Gasteiger partial charge on any atom is 0.0304 e. The summed E-state index contributed by atoms with van der Waals surface area (Å²) in [5.41, 5.74) is 1.84. The summed E-state index contributed by atoms with van der Waals surface area (Å²) < 4.78 is 0. The zero-order valence-electron chi connectivity index (χ0n) is 12.6. The van der Waals surface area contributed by atoms with Crippen molar-refractivity contribution in [2.75, 3.05) is 19.6 Å². The van der Waals surface area contributed by atoms with E-state index in [0.717, 1.165) is 6.54 Å². The van der Waals surface area contributed by atoms with Gasteiger partial charge in [0.15, 0.2) is 0 Å². The fraction of sp³-hybridized carbons (Fsp3) is 0.750. The highest BCUT2D eigenvalue weighted by Gasteiger charge is 2.35. The largest absolute Gasteiger partial charge is 0.308 e. The van der Waals surface area contributed by atoms with Gasteiger partial charge in [-0.2, -0.15) is 11.3 Å². The molecule has 19 heavy (non-hydrogen) atoms. The highest BCUT2D eigenvalue weighted by atomic mass is 32.1. The van der Waals surface area contributed by atoms with Crippen molar-refractivity contribution in [1.29, 1.82) is 0 Å². The van der Waals surface area contributed by atoms with Gasteiger partial charge in [-0.25, -0.2) is 0 Å². The quantitative estimate of drug-likeness (QED) is 0.857. The lowest BCUT2D eigenvalue weighted by Gasteiger charge is -2.47. The molecular formula is C16H28N2S. The highest BCUT2D eigenvalue weighted by Crippen LogP contribution is 2.24. The third-order valence-electron chi connectivity index (χ3n) is 4.83. The standard InChI is InChI=1S/C16H28N2S/c1-4-15-11-17-16(5-2,6-3)13-18(15)9-7-14-8-10-19-12-14/h8,10,12,15,17H,4-7,9,11,13H2,1-3H3. The number of hydrogen-bond acceptors (Lipinski definition) is 3. The summed E-state index contributed by atoms with van der Waals surface area (Å²) in [6.07, 6.45) is 4.91. The fourth-order valence-corrected chi connectivity index (χ4v) is 3.84. The summed E-state index contributed by atoms with van der Waals surface area (Å²) in [4.78, 5) is 2.72. The lowest BCUT2D eigenvalue weighted by molar-refractivity contribution is 0.0716. The normalized spacial score (nSPS) is 23.6. The number of nitrogens with zero attached hydrogens (tertiary/aromatic N) is 1. The van der Waals surface area contributed by atoms with Crippen molar-refractivity contribution in [3.05, 3.63) is 22.4 Å². The molecule has 1 saturated heterocycles. The summed E-state index contributed by atoms with van der Waals surface area (Å²) in [7, 11) is 0. The van der Waals surface area contributed by atoms with Gasteiger partial charge in [-0.3, -0.25) is 4.90 Å². The van der Waals surface area contributed by atoms with E-state index in [2.05, 4.69) is 47.8 Å². The average Bonchev–Trinajstić information content (AvgIpc) is 2.98. The Bertz CT molecular complexity index is 357. The van der Waals surface area contributed by atoms with Crippen LogP contribution in [-0.2, 0) is 6.42 Å². The van der Waals surface area contributed by atoms with E-state index in [0.29, 0.717) is 11.6 Å². The Labute approximate surface area is 122 Å². The molecule has 2 heterocycles. The summed E-state index contributed by atoms with van der Waals surface area (Å²) in [5.74, 6) is 0. The number of rotatable bonds is 6. The summed E-state index contributed by atoms with van der Waals surface area (Å²) in [5, 5.41) is 8.29. The molecule has 1 N–H and O–H groups in total. The van der Waals surface area contributed by atoms with Crippen molar-refractivity contribution < 1.29 is 0 Å². The van der Waals surface area contributed by atoms with Crippen molar-refractivity contribution >= 4 is 11.3 Å². The van der Waals surface area contributed by atoms with Gasteiger partial charge in [-0.15, -0.1) is 0 Å². The molecule has 108 valence electrons. The number of piperazine rings is 1. The predicted octanol–water partition coefficient (Wildman–Crippen LogP) is 3.53. The molecule has 1 aromatic rings. The van der Waals surface area contributed by atoms with E-state index in [1.165, 1.54) is 44.3 Å². The van der Waals surface area contributed by atoms with Gasteiger partial charge < -0.3 is 5.32 Å². The van der Waals surface area contributed by atoms with Crippen LogP contribution < -0.4 is 5.32 Å². The molecule has 1 fully saturated rings. The third kappa shape index (κ3) is 3.59. The molecule has 1 atom stereocenters. The third-order valence-corrected chi connectivity index (χ3v) is 5.56. The number of hydrogen-bond donors (Lipinski definition) is 1. The monoisotopic (exact) mass is 280 g/mol. The first-order chi connectivity index (χ1) is 9.23. The van der Waals surface area contributed by atoms with Gasteiger partial charge in [-0.1, -0.05) is 20.8 Å². The van der Waals surface area contributed by atoms with E-state index in [1.54, 1.807) is 0 Å². The SMILES string of the molecule is CCC1CNC(CC)(CC)CN1CCc1ccsc1. The van der Waals surface area contributed by atoms with Gasteiger partial charge in [0.1, 0.15) is 0 Å². The van der Waals surface area contributed by atoms with Crippen LogP contribution in [0.5, 0.6) is 0 Å². The van der Waals surface area contributed by atoms with Crippen molar-refractivity contribution in [2.24, 2.45) is 0 Å². The topological polar surface area (TPSA) is 15.3 Å². The fourth-order valence-electron chi connectivity index (χ4n) is 3.13. The molecule has 0 aromatic carbocycles. The predicted molar refractivity (Wildman–Crippen MR) is 85.0 cm³/mol. The van der Waals surface area contributed by atoms with Crippen molar-refractivity contribution in [3.63, 3.8) is 0 Å². The van der Waals surface area contributed by atoms with Crippen molar-refractivity contribution in [3.8, 4) is 0 Å². The minimum atomic E-state index is 0.348. The van der Waals surface area contributed by atoms with Crippen molar-refractivity contribution in [2.45, 2.75) is 58.0 Å². The second kappa shape index (κ2) is 6.87. The van der Waals surface area contributed by atoms with Gasteiger partial charge in [-0.05, 0) is 48.1 Å². The van der Waals surface area contributed by atoms with Crippen LogP contribution in [0, 0.1) is 0 Å². The van der Waals surface area contributed by atoms with Crippen LogP contribution in [0.15, 0.2) is 16.8 Å². The molecule has 0 bridgehead atoms. The molecule has 2 rings (SSSR count). The maximum absolute atomic E-state index is 3.82. The Morgan fingerprint density at radius 3 is 2.74 bits per heavy atom. The van der Waals surface area contributed by atoms with E-state index in [4.69, 9.17) is 0 Å². The van der Waals surface area contributed by atoms with Crippen LogP contribution in [-0.4, -0.2) is 36.1 Å². The molecule has 1 aliphatic heterocycles. The first-order valence-corrected chi connectivity index (χ1v) is 8.67. The summed E-state index contributed by atoms with van der Waals surface area (Å²) >= 11 is 1.81. The molecule has 1 aliphatic rings. The molecule has 3 heteroatoms. The Kier molecular flexibility index (Phi) is 5.43. The van der Waals surface area contributed by atoms with Crippen LogP contribution in [0.4, 0.5) is 0 Å². The molecular weight excluding hydrogens is 252 g/mol. The Balaban J connectivity index is 1.97. The number of thiophene rings is 1. The van der Waals surface area contributed by atoms with E-state index >= 15 is 0 Å². The molecule has 1 aromatic heterocycles. The second-order valence-electron chi connectivity index (χ2n) is 5.78. The van der Waals surface area contributed by atoms with Gasteiger partial charge in [0, 0.05) is 31.2 Å². The minimum Gasteiger partial charge on any atom is -0.308 e. The van der Waals surface area contributed by atoms with E-state index in [9.17, 15) is 0 Å². The molecule has 0 amide bonds. The van der Waals surface area contributed by atoms with E-state index in [-0.39, 0.29) is 0 Å². The van der Waals surface area contributed by atoms with Crippen LogP contribution in [0.25, 0.3) is 0 Å². The lowest BCUT2D eigenvalue weighted by atomic mass is 9.88. The van der Waals surface area contributed by atoms with Gasteiger partial charge in [0.2, 0.25) is 0 Å². The highest BCUT2D eigenvalue weighted by molar-refractivity contribution is 7.07. The zero-order chi connectivity index (χ0) is 13.7. The van der Waals surface area contributed by atoms with E-state index in [1.807, 2.05) is 11.3 Å². The summed E-state index contributed by atoms with van der Waals surface area (Å²) in [6.45, 7) is 10.5. The molecule has 0 spiro atoms. The lowest BCUT2D eigenvalue weighted by Crippen LogP contribution is -2.63. The van der Waals surface area contributed by atoms with Gasteiger partial charge >= 0.3 is 0 Å². The second-order valence-corrected chi connectivity index (χ2v) is 6.56. The maximum atomic E-state index is 3.82. The van der Waals surface area contributed by atoms with Crippen LogP contribution >= 0.6 is 11.3 Å². The smallest absolute Gasteiger partial charge is 0.0304 e. The van der Waals surface area contributed by atoms with E-state index < -0.39 is 0 Å². The molecule has 0 saturated carbocycles. The Morgan fingerprint density at radius 2 is 2.16 bits per heavy atom. The van der Waals surface area contributed by atoms with Crippen LogP contribution in [0.2, 0.25) is 0 Å². The number of nitrogens with one attached hydrogen (secondary N) is 1. The van der Waals surface area contributed by atoms with Gasteiger partial charge in [0.25, 0.3) is 0 Å². The Morgan fingerprint density at radius 1 is 1.37 bits per heavy atom. The minimum absolute atomic E-state index is 0.348. The first kappa shape index (κ1) is 15.0. The first-order valence-electron chi connectivity index (χ1n) is 7.73. The van der Waals surface area contributed by atoms with Gasteiger partial charge in [0.05, 0.1) is 0 Å². The van der Waals surface area contributed by atoms with Crippen LogP contribution in [0.1, 0.15) is 45.6 Å². The Hall–Kier alpha value is -0.380.